The Labute approximate surface area is 125 Å². The summed E-state index contributed by atoms with van der Waals surface area (Å²) in [6.45, 7) is 3.24. The number of rotatable bonds is 7. The predicted molar refractivity (Wildman–Crippen MR) is 85.2 cm³/mol. The summed E-state index contributed by atoms with van der Waals surface area (Å²) in [6, 6.07) is 11.4. The minimum atomic E-state index is 0.768. The van der Waals surface area contributed by atoms with Gasteiger partial charge in [-0.15, -0.1) is 11.3 Å². The van der Waals surface area contributed by atoms with Crippen LogP contribution in [-0.2, 0) is 19.4 Å². The zero-order valence-corrected chi connectivity index (χ0v) is 12.9. The quantitative estimate of drug-likeness (QED) is 0.834. The lowest BCUT2D eigenvalue weighted by Crippen LogP contribution is -2.15. The van der Waals surface area contributed by atoms with Gasteiger partial charge in [0.2, 0.25) is 0 Å². The minimum absolute atomic E-state index is 0.768. The lowest BCUT2D eigenvalue weighted by atomic mass is 10.2. The highest BCUT2D eigenvalue weighted by Gasteiger charge is 2.21. The van der Waals surface area contributed by atoms with Gasteiger partial charge in [-0.1, -0.05) is 43.7 Å². The van der Waals surface area contributed by atoms with Gasteiger partial charge in [0.15, 0.2) is 0 Å². The maximum atomic E-state index is 4.87. The Morgan fingerprint density at radius 1 is 1.25 bits per heavy atom. The number of aromatic nitrogens is 1. The third kappa shape index (κ3) is 3.68. The van der Waals surface area contributed by atoms with Crippen LogP contribution in [0.25, 0.3) is 0 Å². The van der Waals surface area contributed by atoms with Crippen LogP contribution in [0.15, 0.2) is 30.3 Å². The molecule has 20 heavy (non-hydrogen) atoms. The van der Waals surface area contributed by atoms with E-state index < -0.39 is 0 Å². The zero-order valence-electron chi connectivity index (χ0n) is 12.1. The van der Waals surface area contributed by atoms with E-state index in [0.717, 1.165) is 25.4 Å². The van der Waals surface area contributed by atoms with E-state index in [9.17, 15) is 0 Å². The van der Waals surface area contributed by atoms with Gasteiger partial charge in [-0.3, -0.25) is 0 Å². The average molecular weight is 286 g/mol. The number of nitrogens with zero attached hydrogens (tertiary/aromatic N) is 1. The van der Waals surface area contributed by atoms with E-state index in [1.807, 2.05) is 11.3 Å². The van der Waals surface area contributed by atoms with E-state index >= 15 is 0 Å². The van der Waals surface area contributed by atoms with Crippen molar-refractivity contribution in [2.24, 2.45) is 0 Å². The first kappa shape index (κ1) is 13.8. The number of benzene rings is 1. The van der Waals surface area contributed by atoms with Crippen molar-refractivity contribution >= 4 is 11.3 Å². The summed E-state index contributed by atoms with van der Waals surface area (Å²) < 4.78 is 0. The molecule has 0 radical (unpaired) electrons. The molecule has 1 fully saturated rings. The summed E-state index contributed by atoms with van der Waals surface area (Å²) in [7, 11) is 0. The SMILES string of the molecule is CCCc1nc(Cc2ccccc2)sc1CNC1CC1. The zero-order chi connectivity index (χ0) is 13.8. The molecule has 1 aliphatic rings. The Morgan fingerprint density at radius 3 is 2.75 bits per heavy atom. The van der Waals surface area contributed by atoms with Crippen LogP contribution in [0.3, 0.4) is 0 Å². The normalized spacial score (nSPS) is 14.7. The van der Waals surface area contributed by atoms with Gasteiger partial charge in [0.05, 0.1) is 10.7 Å². The van der Waals surface area contributed by atoms with E-state index in [1.165, 1.54) is 40.4 Å². The number of thiazole rings is 1. The molecule has 2 aromatic rings. The van der Waals surface area contributed by atoms with Gasteiger partial charge in [0, 0.05) is 23.9 Å². The van der Waals surface area contributed by atoms with Gasteiger partial charge in [-0.05, 0) is 24.8 Å². The van der Waals surface area contributed by atoms with Gasteiger partial charge in [-0.25, -0.2) is 4.98 Å². The summed E-state index contributed by atoms with van der Waals surface area (Å²) in [4.78, 5) is 6.32. The standard InChI is InChI=1S/C17H22N2S/c1-2-6-15-16(12-18-14-9-10-14)20-17(19-15)11-13-7-4-3-5-8-13/h3-5,7-8,14,18H,2,6,9-12H2,1H3. The number of hydrogen-bond acceptors (Lipinski definition) is 3. The van der Waals surface area contributed by atoms with Gasteiger partial charge < -0.3 is 5.32 Å². The van der Waals surface area contributed by atoms with Gasteiger partial charge in [-0.2, -0.15) is 0 Å². The fourth-order valence-electron chi connectivity index (χ4n) is 2.38. The van der Waals surface area contributed by atoms with Crippen LogP contribution in [0.5, 0.6) is 0 Å². The molecule has 0 saturated heterocycles. The smallest absolute Gasteiger partial charge is 0.0975 e. The molecule has 2 nitrogen and oxygen atoms in total. The summed E-state index contributed by atoms with van der Waals surface area (Å²) >= 11 is 1.89. The van der Waals surface area contributed by atoms with E-state index in [2.05, 4.69) is 42.6 Å². The monoisotopic (exact) mass is 286 g/mol. The number of hydrogen-bond donors (Lipinski definition) is 1. The van der Waals surface area contributed by atoms with Crippen molar-refractivity contribution < 1.29 is 0 Å². The Hall–Kier alpha value is -1.19. The molecule has 1 aliphatic carbocycles. The van der Waals surface area contributed by atoms with Gasteiger partial charge >= 0.3 is 0 Å². The van der Waals surface area contributed by atoms with Crippen LogP contribution in [-0.4, -0.2) is 11.0 Å². The summed E-state index contributed by atoms with van der Waals surface area (Å²) in [5.41, 5.74) is 2.67. The topological polar surface area (TPSA) is 24.9 Å². The van der Waals surface area contributed by atoms with E-state index in [-0.39, 0.29) is 0 Å². The van der Waals surface area contributed by atoms with Crippen molar-refractivity contribution in [3.63, 3.8) is 0 Å². The van der Waals surface area contributed by atoms with Crippen molar-refractivity contribution in [2.75, 3.05) is 0 Å². The first-order valence-corrected chi connectivity index (χ1v) is 8.41. The molecule has 0 spiro atoms. The van der Waals surface area contributed by atoms with Crippen LogP contribution in [0.1, 0.15) is 47.3 Å². The molecule has 0 bridgehead atoms. The Kier molecular flexibility index (Phi) is 4.48. The third-order valence-electron chi connectivity index (χ3n) is 3.64. The molecule has 3 rings (SSSR count). The second-order valence-corrected chi connectivity index (χ2v) is 6.71. The maximum absolute atomic E-state index is 4.87. The van der Waals surface area contributed by atoms with Gasteiger partial charge in [0.1, 0.15) is 0 Å². The fourth-order valence-corrected chi connectivity index (χ4v) is 3.48. The highest BCUT2D eigenvalue weighted by atomic mass is 32.1. The largest absolute Gasteiger partial charge is 0.309 e. The molecule has 1 saturated carbocycles. The number of nitrogens with one attached hydrogen (secondary N) is 1. The summed E-state index contributed by atoms with van der Waals surface area (Å²) in [5.74, 6) is 0. The summed E-state index contributed by atoms with van der Waals surface area (Å²) in [6.07, 6.45) is 5.93. The van der Waals surface area contributed by atoms with E-state index in [1.54, 1.807) is 0 Å². The molecule has 3 heteroatoms. The second kappa shape index (κ2) is 6.51. The predicted octanol–water partition coefficient (Wildman–Crippen LogP) is 3.94. The molecule has 0 atom stereocenters. The lowest BCUT2D eigenvalue weighted by molar-refractivity contribution is 0.686. The molecule has 106 valence electrons. The van der Waals surface area contributed by atoms with Crippen molar-refractivity contribution in [3.8, 4) is 0 Å². The average Bonchev–Trinajstić information content (AvgIpc) is 3.22. The molecular weight excluding hydrogens is 264 g/mol. The van der Waals surface area contributed by atoms with Crippen LogP contribution < -0.4 is 5.32 Å². The Morgan fingerprint density at radius 2 is 2.05 bits per heavy atom. The first-order chi connectivity index (χ1) is 9.85. The summed E-state index contributed by atoms with van der Waals surface area (Å²) in [5, 5.41) is 4.88. The molecule has 0 unspecified atom stereocenters. The fraction of sp³-hybridized carbons (Fsp3) is 0.471. The number of aryl methyl sites for hydroxylation is 1. The highest BCUT2D eigenvalue weighted by Crippen LogP contribution is 2.25. The van der Waals surface area contributed by atoms with Gasteiger partial charge in [0.25, 0.3) is 0 Å². The second-order valence-electron chi connectivity index (χ2n) is 5.55. The van der Waals surface area contributed by atoms with Crippen molar-refractivity contribution in [1.29, 1.82) is 0 Å². The molecule has 1 aromatic carbocycles. The Balaban J connectivity index is 1.71. The van der Waals surface area contributed by atoms with Crippen molar-refractivity contribution in [1.82, 2.24) is 10.3 Å². The molecule has 1 aromatic heterocycles. The van der Waals surface area contributed by atoms with Crippen LogP contribution in [0, 0.1) is 0 Å². The van der Waals surface area contributed by atoms with Crippen LogP contribution in [0.2, 0.25) is 0 Å². The van der Waals surface area contributed by atoms with Crippen LogP contribution in [0.4, 0.5) is 0 Å². The third-order valence-corrected chi connectivity index (χ3v) is 4.73. The highest BCUT2D eigenvalue weighted by molar-refractivity contribution is 7.11. The molecule has 0 aliphatic heterocycles. The molecule has 1 N–H and O–H groups in total. The first-order valence-electron chi connectivity index (χ1n) is 7.60. The molecule has 1 heterocycles. The molecular formula is C17H22N2S. The van der Waals surface area contributed by atoms with E-state index in [4.69, 9.17) is 4.98 Å². The van der Waals surface area contributed by atoms with Crippen molar-refractivity contribution in [2.45, 2.75) is 51.6 Å². The lowest BCUT2D eigenvalue weighted by Gasteiger charge is -2.01. The minimum Gasteiger partial charge on any atom is -0.309 e. The molecule has 0 amide bonds. The van der Waals surface area contributed by atoms with Crippen LogP contribution >= 0.6 is 11.3 Å². The van der Waals surface area contributed by atoms with Crippen molar-refractivity contribution in [3.05, 3.63) is 51.5 Å². The van der Waals surface area contributed by atoms with E-state index in [0.29, 0.717) is 0 Å². The Bertz CT molecular complexity index is 543. The maximum Gasteiger partial charge on any atom is 0.0975 e.